The zero-order valence-corrected chi connectivity index (χ0v) is 15.0. The van der Waals surface area contributed by atoms with Crippen LogP contribution in [-0.2, 0) is 6.42 Å². The highest BCUT2D eigenvalue weighted by Gasteiger charge is 2.26. The zero-order chi connectivity index (χ0) is 17.6. The summed E-state index contributed by atoms with van der Waals surface area (Å²) in [7, 11) is 0. The lowest BCUT2D eigenvalue weighted by molar-refractivity contribution is 0.0607. The van der Waals surface area contributed by atoms with Crippen LogP contribution in [0.1, 0.15) is 55.5 Å². The molecule has 1 N–H and O–H groups in total. The number of likely N-dealkylation sites (tertiary alicyclic amines) is 1. The number of nitrogens with one attached hydrogen (secondary N) is 1. The van der Waals surface area contributed by atoms with Crippen LogP contribution in [0.4, 0.5) is 11.6 Å². The van der Waals surface area contributed by atoms with E-state index in [1.807, 2.05) is 17.0 Å². The van der Waals surface area contributed by atoms with Gasteiger partial charge in [-0.2, -0.15) is 0 Å². The predicted octanol–water partition coefficient (Wildman–Crippen LogP) is 4.19. The maximum Gasteiger partial charge on any atom is 0.257 e. The van der Waals surface area contributed by atoms with E-state index in [0.717, 1.165) is 37.9 Å². The number of hydrogen-bond acceptors (Lipinski definition) is 4. The molecule has 1 saturated heterocycles. The van der Waals surface area contributed by atoms with E-state index in [1.54, 1.807) is 12.4 Å². The molecule has 132 valence electrons. The van der Waals surface area contributed by atoms with Crippen LogP contribution >= 0.6 is 0 Å². The third-order valence-electron chi connectivity index (χ3n) is 4.88. The van der Waals surface area contributed by atoms with Gasteiger partial charge in [0.05, 0.1) is 5.56 Å². The number of rotatable bonds is 5. The highest BCUT2D eigenvalue weighted by molar-refractivity contribution is 5.94. The van der Waals surface area contributed by atoms with Crippen LogP contribution in [0.25, 0.3) is 0 Å². The van der Waals surface area contributed by atoms with Crippen molar-refractivity contribution in [2.24, 2.45) is 0 Å². The molecule has 25 heavy (non-hydrogen) atoms. The average Bonchev–Trinajstić information content (AvgIpc) is 2.68. The molecular weight excluding hydrogens is 312 g/mol. The summed E-state index contributed by atoms with van der Waals surface area (Å²) in [5.74, 6) is 0.553. The Labute approximate surface area is 149 Å². The minimum atomic E-state index is 0.0467. The van der Waals surface area contributed by atoms with Gasteiger partial charge in [0.1, 0.15) is 0 Å². The molecule has 1 fully saturated rings. The Bertz CT molecular complexity index is 697. The molecule has 1 atom stereocenters. The van der Waals surface area contributed by atoms with Gasteiger partial charge in [0, 0.05) is 30.7 Å². The second-order valence-corrected chi connectivity index (χ2v) is 6.53. The third-order valence-corrected chi connectivity index (χ3v) is 4.88. The Hall–Kier alpha value is -2.43. The number of carbonyl (C=O) groups excluding carboxylic acids is 1. The van der Waals surface area contributed by atoms with Crippen molar-refractivity contribution in [3.8, 4) is 0 Å². The molecule has 3 rings (SSSR count). The normalized spacial score (nSPS) is 17.4. The van der Waals surface area contributed by atoms with Crippen LogP contribution < -0.4 is 5.32 Å². The monoisotopic (exact) mass is 338 g/mol. The number of benzene rings is 1. The maximum atomic E-state index is 12.7. The number of hydrogen-bond donors (Lipinski definition) is 1. The summed E-state index contributed by atoms with van der Waals surface area (Å²) in [6.45, 7) is 5.11. The number of amides is 1. The summed E-state index contributed by atoms with van der Waals surface area (Å²) < 4.78 is 0. The summed E-state index contributed by atoms with van der Waals surface area (Å²) in [6, 6.07) is 8.54. The molecule has 5 nitrogen and oxygen atoms in total. The number of carbonyl (C=O) groups is 1. The third kappa shape index (κ3) is 4.16. The summed E-state index contributed by atoms with van der Waals surface area (Å²) in [5.41, 5.74) is 2.80. The van der Waals surface area contributed by atoms with E-state index in [1.165, 1.54) is 12.0 Å². The Balaban J connectivity index is 1.67. The molecule has 0 spiro atoms. The Morgan fingerprint density at radius 2 is 1.88 bits per heavy atom. The second-order valence-electron chi connectivity index (χ2n) is 6.53. The molecule has 0 radical (unpaired) electrons. The molecule has 1 aliphatic heterocycles. The van der Waals surface area contributed by atoms with Gasteiger partial charge in [-0.3, -0.25) is 4.79 Å². The molecule has 2 aromatic rings. The number of aromatic nitrogens is 2. The standard InChI is InChI=1S/C20H26N4O/c1-3-15-8-10-17(11-9-15)23-20-21-13-16(14-22-20)19(25)24-12-6-5-7-18(24)4-2/h8-11,13-14,18H,3-7,12H2,1-2H3,(H,21,22,23). The molecular formula is C20H26N4O. The SMILES string of the molecule is CCc1ccc(Nc2ncc(C(=O)N3CCCCC3CC)cn2)cc1. The van der Waals surface area contributed by atoms with Gasteiger partial charge in [-0.25, -0.2) is 9.97 Å². The highest BCUT2D eigenvalue weighted by atomic mass is 16.2. The van der Waals surface area contributed by atoms with Crippen molar-refractivity contribution >= 4 is 17.5 Å². The molecule has 0 bridgehead atoms. The minimum absolute atomic E-state index is 0.0467. The van der Waals surface area contributed by atoms with Gasteiger partial charge in [0.15, 0.2) is 0 Å². The van der Waals surface area contributed by atoms with E-state index in [9.17, 15) is 4.79 Å². The van der Waals surface area contributed by atoms with Gasteiger partial charge in [0.25, 0.3) is 5.91 Å². The van der Waals surface area contributed by atoms with E-state index in [4.69, 9.17) is 0 Å². The quantitative estimate of drug-likeness (QED) is 0.888. The summed E-state index contributed by atoms with van der Waals surface area (Å²) in [4.78, 5) is 23.3. The fourth-order valence-electron chi connectivity index (χ4n) is 3.31. The van der Waals surface area contributed by atoms with Crippen LogP contribution in [0.2, 0.25) is 0 Å². The topological polar surface area (TPSA) is 58.1 Å². The fourth-order valence-corrected chi connectivity index (χ4v) is 3.31. The van der Waals surface area contributed by atoms with Crippen LogP contribution in [-0.4, -0.2) is 33.4 Å². The molecule has 1 aromatic heterocycles. The van der Waals surface area contributed by atoms with Crippen LogP contribution in [0.15, 0.2) is 36.7 Å². The van der Waals surface area contributed by atoms with E-state index < -0.39 is 0 Å². The summed E-state index contributed by atoms with van der Waals surface area (Å²) in [6.07, 6.45) is 8.65. The molecule has 0 saturated carbocycles. The maximum absolute atomic E-state index is 12.7. The van der Waals surface area contributed by atoms with Crippen molar-refractivity contribution in [2.75, 3.05) is 11.9 Å². The molecule has 2 heterocycles. The van der Waals surface area contributed by atoms with Crippen LogP contribution in [0.5, 0.6) is 0 Å². The van der Waals surface area contributed by atoms with Crippen molar-refractivity contribution < 1.29 is 4.79 Å². The van der Waals surface area contributed by atoms with Gasteiger partial charge in [-0.15, -0.1) is 0 Å². The van der Waals surface area contributed by atoms with Gasteiger partial charge in [-0.05, 0) is 49.8 Å². The lowest BCUT2D eigenvalue weighted by atomic mass is 9.99. The first-order chi connectivity index (χ1) is 12.2. The van der Waals surface area contributed by atoms with E-state index in [0.29, 0.717) is 17.6 Å². The minimum Gasteiger partial charge on any atom is -0.336 e. The molecule has 5 heteroatoms. The predicted molar refractivity (Wildman–Crippen MR) is 100 cm³/mol. The first-order valence-electron chi connectivity index (χ1n) is 9.20. The lowest BCUT2D eigenvalue weighted by Crippen LogP contribution is -2.43. The average molecular weight is 338 g/mol. The Morgan fingerprint density at radius 1 is 1.16 bits per heavy atom. The molecule has 1 aromatic carbocycles. The van der Waals surface area contributed by atoms with E-state index in [-0.39, 0.29) is 5.91 Å². The lowest BCUT2D eigenvalue weighted by Gasteiger charge is -2.35. The van der Waals surface area contributed by atoms with Gasteiger partial charge in [0.2, 0.25) is 5.95 Å². The van der Waals surface area contributed by atoms with Crippen molar-refractivity contribution in [2.45, 2.75) is 52.0 Å². The molecule has 1 unspecified atom stereocenters. The van der Waals surface area contributed by atoms with E-state index >= 15 is 0 Å². The summed E-state index contributed by atoms with van der Waals surface area (Å²) >= 11 is 0. The molecule has 1 amide bonds. The Kier molecular flexibility index (Phi) is 5.64. The van der Waals surface area contributed by atoms with Crippen molar-refractivity contribution in [3.63, 3.8) is 0 Å². The number of aryl methyl sites for hydroxylation is 1. The number of piperidine rings is 1. The largest absolute Gasteiger partial charge is 0.336 e. The fraction of sp³-hybridized carbons (Fsp3) is 0.450. The number of anilines is 2. The van der Waals surface area contributed by atoms with Crippen LogP contribution in [0, 0.1) is 0 Å². The van der Waals surface area contributed by atoms with Crippen LogP contribution in [0.3, 0.4) is 0 Å². The van der Waals surface area contributed by atoms with Crippen molar-refractivity contribution in [1.82, 2.24) is 14.9 Å². The van der Waals surface area contributed by atoms with Gasteiger partial charge >= 0.3 is 0 Å². The highest BCUT2D eigenvalue weighted by Crippen LogP contribution is 2.22. The summed E-state index contributed by atoms with van der Waals surface area (Å²) in [5, 5.41) is 3.17. The second kappa shape index (κ2) is 8.10. The first-order valence-corrected chi connectivity index (χ1v) is 9.20. The van der Waals surface area contributed by atoms with Gasteiger partial charge < -0.3 is 10.2 Å². The smallest absolute Gasteiger partial charge is 0.257 e. The Morgan fingerprint density at radius 3 is 2.52 bits per heavy atom. The number of nitrogens with zero attached hydrogens (tertiary/aromatic N) is 3. The van der Waals surface area contributed by atoms with Gasteiger partial charge in [-0.1, -0.05) is 26.0 Å². The van der Waals surface area contributed by atoms with E-state index in [2.05, 4.69) is 41.3 Å². The molecule has 1 aliphatic rings. The van der Waals surface area contributed by atoms with Crippen molar-refractivity contribution in [3.05, 3.63) is 47.8 Å². The first kappa shape index (κ1) is 17.4. The zero-order valence-electron chi connectivity index (χ0n) is 15.0. The van der Waals surface area contributed by atoms with Crippen molar-refractivity contribution in [1.29, 1.82) is 0 Å². The molecule has 0 aliphatic carbocycles.